The first-order chi connectivity index (χ1) is 15.3. The maximum atomic E-state index is 13.2. The van der Waals surface area contributed by atoms with Crippen LogP contribution in [-0.4, -0.2) is 47.4 Å². The van der Waals surface area contributed by atoms with E-state index in [-0.39, 0.29) is 24.8 Å². The number of hydrogen-bond donors (Lipinski definition) is 0. The molecule has 168 valence electrons. The predicted octanol–water partition coefficient (Wildman–Crippen LogP) is 4.88. The highest BCUT2D eigenvalue weighted by atomic mass is 19.4. The van der Waals surface area contributed by atoms with Gasteiger partial charge in [-0.1, -0.05) is 36.4 Å². The van der Waals surface area contributed by atoms with Gasteiger partial charge in [-0.15, -0.1) is 0 Å². The lowest BCUT2D eigenvalue weighted by Crippen LogP contribution is -2.48. The molecule has 1 aliphatic rings. The minimum absolute atomic E-state index is 0.0907. The Balaban J connectivity index is 1.52. The lowest BCUT2D eigenvalue weighted by molar-refractivity contribution is -0.166. The number of carbonyl (C=O) groups excluding carboxylic acids is 2. The van der Waals surface area contributed by atoms with Crippen LogP contribution in [0.25, 0.3) is 10.8 Å². The maximum absolute atomic E-state index is 13.2. The fourth-order valence-corrected chi connectivity index (χ4v) is 4.22. The number of likely N-dealkylation sites (tertiary alicyclic amines) is 1. The summed E-state index contributed by atoms with van der Waals surface area (Å²) >= 11 is 0. The highest BCUT2D eigenvalue weighted by Gasteiger charge is 2.38. The van der Waals surface area contributed by atoms with Crippen molar-refractivity contribution < 1.29 is 27.2 Å². The van der Waals surface area contributed by atoms with Crippen LogP contribution in [-0.2, 0) is 11.3 Å². The molecule has 0 aliphatic carbocycles. The van der Waals surface area contributed by atoms with E-state index in [0.717, 1.165) is 15.7 Å². The zero-order valence-electron chi connectivity index (χ0n) is 17.3. The van der Waals surface area contributed by atoms with E-state index in [1.54, 1.807) is 23.1 Å². The number of amides is 2. The normalized spacial score (nSPS) is 16.8. The van der Waals surface area contributed by atoms with Crippen LogP contribution in [0.2, 0.25) is 0 Å². The molecule has 2 heterocycles. The summed E-state index contributed by atoms with van der Waals surface area (Å²) in [6, 6.07) is 16.1. The summed E-state index contributed by atoms with van der Waals surface area (Å²) in [7, 11) is 0. The fraction of sp³-hybridized carbons (Fsp3) is 0.333. The van der Waals surface area contributed by atoms with Gasteiger partial charge in [0.15, 0.2) is 0 Å². The van der Waals surface area contributed by atoms with Gasteiger partial charge in [0.25, 0.3) is 5.91 Å². The van der Waals surface area contributed by atoms with Crippen molar-refractivity contribution in [3.63, 3.8) is 0 Å². The molecule has 0 spiro atoms. The molecule has 0 N–H and O–H groups in total. The highest BCUT2D eigenvalue weighted by Crippen LogP contribution is 2.26. The first-order valence-corrected chi connectivity index (χ1v) is 10.5. The molecular weight excluding hydrogens is 421 g/mol. The molecule has 8 heteroatoms. The number of piperidine rings is 1. The van der Waals surface area contributed by atoms with Crippen LogP contribution in [0.3, 0.4) is 0 Å². The van der Waals surface area contributed by atoms with Gasteiger partial charge in [0.2, 0.25) is 5.91 Å². The van der Waals surface area contributed by atoms with Crippen molar-refractivity contribution in [1.29, 1.82) is 0 Å². The summed E-state index contributed by atoms with van der Waals surface area (Å²) in [5, 5.41) is 1.74. The third-order valence-corrected chi connectivity index (χ3v) is 5.69. The minimum atomic E-state index is -4.53. The van der Waals surface area contributed by atoms with Crippen LogP contribution in [0, 0.1) is 5.92 Å². The van der Waals surface area contributed by atoms with Crippen LogP contribution < -0.4 is 0 Å². The summed E-state index contributed by atoms with van der Waals surface area (Å²) in [5.74, 6) is -1.25. The van der Waals surface area contributed by atoms with Gasteiger partial charge in [0.1, 0.15) is 12.3 Å². The summed E-state index contributed by atoms with van der Waals surface area (Å²) in [6.07, 6.45) is -2.19. The second-order valence-corrected chi connectivity index (χ2v) is 8.01. The van der Waals surface area contributed by atoms with Gasteiger partial charge in [-0.3, -0.25) is 9.59 Å². The molecule has 1 aromatic heterocycles. The number of hydrogen-bond acceptors (Lipinski definition) is 3. The van der Waals surface area contributed by atoms with Crippen molar-refractivity contribution in [1.82, 2.24) is 9.80 Å². The Morgan fingerprint density at radius 2 is 1.84 bits per heavy atom. The number of fused-ring (bicyclic) bond motifs is 1. The van der Waals surface area contributed by atoms with Crippen molar-refractivity contribution in [2.24, 2.45) is 5.92 Å². The van der Waals surface area contributed by atoms with Gasteiger partial charge < -0.3 is 14.2 Å². The van der Waals surface area contributed by atoms with E-state index in [9.17, 15) is 22.8 Å². The number of halogens is 3. The zero-order chi connectivity index (χ0) is 22.7. The van der Waals surface area contributed by atoms with Crippen LogP contribution in [0.5, 0.6) is 0 Å². The smallest absolute Gasteiger partial charge is 0.406 e. The Labute approximate surface area is 183 Å². The summed E-state index contributed by atoms with van der Waals surface area (Å²) < 4.78 is 44.6. The molecule has 0 saturated carbocycles. The van der Waals surface area contributed by atoms with Crippen molar-refractivity contribution in [3.05, 3.63) is 72.2 Å². The topological polar surface area (TPSA) is 53.8 Å². The lowest BCUT2D eigenvalue weighted by Gasteiger charge is -2.35. The number of nitrogens with zero attached hydrogens (tertiary/aromatic N) is 2. The van der Waals surface area contributed by atoms with Crippen molar-refractivity contribution >= 4 is 22.6 Å². The molecule has 4 rings (SSSR count). The van der Waals surface area contributed by atoms with Crippen molar-refractivity contribution in [3.8, 4) is 0 Å². The molecule has 1 saturated heterocycles. The third kappa shape index (κ3) is 4.95. The Morgan fingerprint density at radius 3 is 2.59 bits per heavy atom. The van der Waals surface area contributed by atoms with Gasteiger partial charge in [-0.05, 0) is 41.8 Å². The summed E-state index contributed by atoms with van der Waals surface area (Å²) in [6.45, 7) is -1.07. The average molecular weight is 444 g/mol. The SMILES string of the molecule is O=C(c1cccc2ccccc12)N1CCCC(C(=O)N(Cc2ccco2)CC(F)(F)F)C1. The largest absolute Gasteiger partial charge is 0.467 e. The van der Waals surface area contributed by atoms with E-state index in [4.69, 9.17) is 4.42 Å². The molecule has 0 bridgehead atoms. The van der Waals surface area contributed by atoms with Crippen molar-refractivity contribution in [2.75, 3.05) is 19.6 Å². The Morgan fingerprint density at radius 1 is 1.06 bits per heavy atom. The molecular formula is C24H23F3N2O3. The second-order valence-electron chi connectivity index (χ2n) is 8.01. The summed E-state index contributed by atoms with van der Waals surface area (Å²) in [4.78, 5) is 28.7. The molecule has 1 atom stereocenters. The number of rotatable bonds is 5. The molecule has 2 aromatic carbocycles. The maximum Gasteiger partial charge on any atom is 0.406 e. The van der Waals surface area contributed by atoms with Crippen LogP contribution in [0.1, 0.15) is 29.0 Å². The minimum Gasteiger partial charge on any atom is -0.467 e. The first-order valence-electron chi connectivity index (χ1n) is 10.5. The van der Waals surface area contributed by atoms with Gasteiger partial charge in [0.05, 0.1) is 18.7 Å². The molecule has 2 amide bonds. The predicted molar refractivity (Wildman–Crippen MR) is 113 cm³/mol. The molecule has 5 nitrogen and oxygen atoms in total. The lowest BCUT2D eigenvalue weighted by atomic mass is 9.95. The van der Waals surface area contributed by atoms with E-state index < -0.39 is 24.5 Å². The van der Waals surface area contributed by atoms with Crippen LogP contribution in [0.15, 0.2) is 65.3 Å². The fourth-order valence-electron chi connectivity index (χ4n) is 4.22. The van der Waals surface area contributed by atoms with Crippen LogP contribution in [0.4, 0.5) is 13.2 Å². The Bertz CT molecular complexity index is 1090. The Kier molecular flexibility index (Phi) is 6.21. The molecule has 1 unspecified atom stereocenters. The Hall–Kier alpha value is -3.29. The van der Waals surface area contributed by atoms with E-state index in [1.807, 2.05) is 30.3 Å². The molecule has 1 aliphatic heterocycles. The molecule has 0 radical (unpaired) electrons. The van der Waals surface area contributed by atoms with Crippen molar-refractivity contribution in [2.45, 2.75) is 25.6 Å². The third-order valence-electron chi connectivity index (χ3n) is 5.69. The number of carbonyl (C=O) groups is 2. The molecule has 3 aromatic rings. The number of benzene rings is 2. The van der Waals surface area contributed by atoms with Gasteiger partial charge in [-0.25, -0.2) is 0 Å². The number of furan rings is 1. The molecule has 32 heavy (non-hydrogen) atoms. The van der Waals surface area contributed by atoms with E-state index in [1.165, 1.54) is 12.3 Å². The highest BCUT2D eigenvalue weighted by molar-refractivity contribution is 6.07. The monoisotopic (exact) mass is 444 g/mol. The standard InChI is InChI=1S/C24H23F3N2O3/c25-24(26,27)16-29(15-19-9-5-13-32-19)22(30)18-8-4-12-28(14-18)23(31)21-11-3-7-17-6-1-2-10-20(17)21/h1-3,5-7,9-11,13,18H,4,8,12,14-16H2. The number of alkyl halides is 3. The summed E-state index contributed by atoms with van der Waals surface area (Å²) in [5.41, 5.74) is 0.527. The molecule has 1 fully saturated rings. The van der Waals surface area contributed by atoms with E-state index >= 15 is 0 Å². The zero-order valence-corrected chi connectivity index (χ0v) is 17.3. The van der Waals surface area contributed by atoms with Gasteiger partial charge >= 0.3 is 6.18 Å². The van der Waals surface area contributed by atoms with E-state index in [0.29, 0.717) is 24.9 Å². The van der Waals surface area contributed by atoms with E-state index in [2.05, 4.69) is 0 Å². The van der Waals surface area contributed by atoms with Gasteiger partial charge in [-0.2, -0.15) is 13.2 Å². The first kappa shape index (κ1) is 21.9. The van der Waals surface area contributed by atoms with Gasteiger partial charge in [0, 0.05) is 18.7 Å². The van der Waals surface area contributed by atoms with Crippen LogP contribution >= 0.6 is 0 Å². The second kappa shape index (κ2) is 9.06. The quantitative estimate of drug-likeness (QED) is 0.564. The average Bonchev–Trinajstić information content (AvgIpc) is 3.29.